The fraction of sp³-hybridized carbons (Fsp3) is 0.346. The molecule has 1 heterocycles. The number of benzene rings is 2. The molecule has 35 heavy (non-hydrogen) atoms. The third-order valence-corrected chi connectivity index (χ3v) is 8.06. The van der Waals surface area contributed by atoms with Crippen LogP contribution in [0.3, 0.4) is 0 Å². The highest BCUT2D eigenvalue weighted by atomic mass is 32.2. The van der Waals surface area contributed by atoms with Crippen molar-refractivity contribution in [3.05, 3.63) is 83.6 Å². The van der Waals surface area contributed by atoms with Gasteiger partial charge in [-0.15, -0.1) is 6.58 Å². The number of rotatable bonds is 9. The van der Waals surface area contributed by atoms with Gasteiger partial charge in [-0.1, -0.05) is 57.5 Å². The van der Waals surface area contributed by atoms with Crippen molar-refractivity contribution in [2.24, 2.45) is 0 Å². The molecule has 188 valence electrons. The molecule has 2 atom stereocenters. The molecule has 0 radical (unpaired) electrons. The Morgan fingerprint density at radius 3 is 2.31 bits per heavy atom. The quantitative estimate of drug-likeness (QED) is 0.321. The number of carboxylic acids is 1. The number of halogens is 3. The first kappa shape index (κ1) is 26.5. The van der Waals surface area contributed by atoms with Gasteiger partial charge >= 0.3 is 12.1 Å². The van der Waals surface area contributed by atoms with E-state index in [9.17, 15) is 31.5 Å². The van der Waals surface area contributed by atoms with Crippen molar-refractivity contribution in [2.45, 2.75) is 56.9 Å². The number of aliphatic carboxylic acids is 1. The molecule has 0 aliphatic rings. The number of fused-ring (bicyclic) bond motifs is 1. The van der Waals surface area contributed by atoms with E-state index < -0.39 is 38.9 Å². The van der Waals surface area contributed by atoms with Gasteiger partial charge in [-0.05, 0) is 47.7 Å². The van der Waals surface area contributed by atoms with Crippen molar-refractivity contribution in [3.8, 4) is 0 Å². The standard InChI is InChI=1S/C26H28F3NO4S/c1-5-8-21(25(31)32)23-15-19-14-20(26(27,28)29)11-12-22(19)30(23)35(33,34)24(6-2)18-10-7-9-17(13-18)16(3)4/h6-7,9-16,21,24H,2,5,8H2,1,3-4H3,(H,31,32). The van der Waals surface area contributed by atoms with Gasteiger partial charge in [-0.25, -0.2) is 12.4 Å². The highest BCUT2D eigenvalue weighted by Gasteiger charge is 2.36. The molecule has 2 unspecified atom stereocenters. The minimum Gasteiger partial charge on any atom is -0.481 e. The monoisotopic (exact) mass is 507 g/mol. The molecule has 0 spiro atoms. The Morgan fingerprint density at radius 1 is 1.11 bits per heavy atom. The second-order valence-corrected chi connectivity index (χ2v) is 10.7. The van der Waals surface area contributed by atoms with Crippen molar-refractivity contribution >= 4 is 26.9 Å². The summed E-state index contributed by atoms with van der Waals surface area (Å²) in [6.45, 7) is 9.39. The Hall–Kier alpha value is -3.07. The van der Waals surface area contributed by atoms with E-state index in [4.69, 9.17) is 0 Å². The van der Waals surface area contributed by atoms with E-state index in [-0.39, 0.29) is 28.9 Å². The summed E-state index contributed by atoms with van der Waals surface area (Å²) >= 11 is 0. The lowest BCUT2D eigenvalue weighted by Crippen LogP contribution is -2.25. The number of hydrogen-bond acceptors (Lipinski definition) is 3. The summed E-state index contributed by atoms with van der Waals surface area (Å²) in [6.07, 6.45) is -2.82. The zero-order valence-electron chi connectivity index (χ0n) is 19.7. The van der Waals surface area contributed by atoms with E-state index in [0.29, 0.717) is 12.0 Å². The summed E-state index contributed by atoms with van der Waals surface area (Å²) in [5.41, 5.74) is 0.306. The Balaban J connectivity index is 2.33. The molecule has 0 saturated carbocycles. The molecule has 1 aromatic heterocycles. The summed E-state index contributed by atoms with van der Waals surface area (Å²) in [6, 6.07) is 11.0. The summed E-state index contributed by atoms with van der Waals surface area (Å²) < 4.78 is 69.0. The number of carbonyl (C=O) groups is 1. The third-order valence-electron chi connectivity index (χ3n) is 6.04. The van der Waals surface area contributed by atoms with Crippen LogP contribution in [0, 0.1) is 0 Å². The van der Waals surface area contributed by atoms with Gasteiger partial charge in [0.25, 0.3) is 0 Å². The number of nitrogens with zero attached hydrogens (tertiary/aromatic N) is 1. The third kappa shape index (κ3) is 5.15. The zero-order chi connectivity index (χ0) is 26.1. The van der Waals surface area contributed by atoms with Gasteiger partial charge in [0.1, 0.15) is 5.25 Å². The lowest BCUT2D eigenvalue weighted by Gasteiger charge is -2.22. The van der Waals surface area contributed by atoms with Gasteiger partial charge in [0.15, 0.2) is 0 Å². The lowest BCUT2D eigenvalue weighted by atomic mass is 10.00. The van der Waals surface area contributed by atoms with Crippen LogP contribution in [-0.4, -0.2) is 23.5 Å². The van der Waals surface area contributed by atoms with Crippen LogP contribution in [0.25, 0.3) is 10.9 Å². The Labute approximate surface area is 202 Å². The maximum absolute atomic E-state index is 14.0. The molecule has 3 rings (SSSR count). The van der Waals surface area contributed by atoms with Crippen LogP contribution in [-0.2, 0) is 21.0 Å². The number of hydrogen-bond donors (Lipinski definition) is 1. The summed E-state index contributed by atoms with van der Waals surface area (Å²) in [7, 11) is -4.35. The molecular formula is C26H28F3NO4S. The van der Waals surface area contributed by atoms with E-state index in [1.165, 1.54) is 12.1 Å². The minimum absolute atomic E-state index is 0.000466. The maximum atomic E-state index is 14.0. The second kappa shape index (κ2) is 9.89. The average Bonchev–Trinajstić information content (AvgIpc) is 3.16. The van der Waals surface area contributed by atoms with E-state index in [0.717, 1.165) is 27.7 Å². The topological polar surface area (TPSA) is 76.4 Å². The van der Waals surface area contributed by atoms with Crippen molar-refractivity contribution in [1.82, 2.24) is 3.97 Å². The molecule has 5 nitrogen and oxygen atoms in total. The predicted octanol–water partition coefficient (Wildman–Crippen LogP) is 6.86. The van der Waals surface area contributed by atoms with E-state index >= 15 is 0 Å². The van der Waals surface area contributed by atoms with Crippen molar-refractivity contribution in [1.29, 1.82) is 0 Å². The molecule has 0 aliphatic carbocycles. The van der Waals surface area contributed by atoms with E-state index in [1.54, 1.807) is 25.1 Å². The first-order valence-corrected chi connectivity index (χ1v) is 12.7. The fourth-order valence-electron chi connectivity index (χ4n) is 4.24. The molecule has 0 amide bonds. The van der Waals surface area contributed by atoms with Crippen LogP contribution in [0.4, 0.5) is 13.2 Å². The average molecular weight is 508 g/mol. The lowest BCUT2D eigenvalue weighted by molar-refractivity contribution is -0.139. The Bertz CT molecular complexity index is 1360. The largest absolute Gasteiger partial charge is 0.481 e. The van der Waals surface area contributed by atoms with E-state index in [2.05, 4.69) is 6.58 Å². The van der Waals surface area contributed by atoms with Crippen LogP contribution >= 0.6 is 0 Å². The molecule has 3 aromatic rings. The van der Waals surface area contributed by atoms with Crippen LogP contribution in [0.15, 0.2) is 61.2 Å². The number of aromatic nitrogens is 1. The molecule has 0 bridgehead atoms. The molecule has 0 aliphatic heterocycles. The van der Waals surface area contributed by atoms with Crippen molar-refractivity contribution < 1.29 is 31.5 Å². The fourth-order valence-corrected chi connectivity index (χ4v) is 6.11. The maximum Gasteiger partial charge on any atom is 0.416 e. The summed E-state index contributed by atoms with van der Waals surface area (Å²) in [5.74, 6) is -2.34. The summed E-state index contributed by atoms with van der Waals surface area (Å²) in [4.78, 5) is 12.1. The van der Waals surface area contributed by atoms with Crippen LogP contribution in [0.2, 0.25) is 0 Å². The van der Waals surface area contributed by atoms with Gasteiger partial charge in [-0.2, -0.15) is 13.2 Å². The molecule has 0 fully saturated rings. The molecular weight excluding hydrogens is 479 g/mol. The van der Waals surface area contributed by atoms with Crippen molar-refractivity contribution in [2.75, 3.05) is 0 Å². The number of alkyl halides is 3. The predicted molar refractivity (Wildman–Crippen MR) is 130 cm³/mol. The molecule has 0 saturated heterocycles. The van der Waals surface area contributed by atoms with Gasteiger partial charge < -0.3 is 5.11 Å². The highest BCUT2D eigenvalue weighted by molar-refractivity contribution is 7.90. The van der Waals surface area contributed by atoms with Crippen LogP contribution < -0.4 is 0 Å². The van der Waals surface area contributed by atoms with Crippen molar-refractivity contribution in [3.63, 3.8) is 0 Å². The van der Waals surface area contributed by atoms with Crippen LogP contribution in [0.1, 0.15) is 73.1 Å². The Kier molecular flexibility index (Phi) is 7.50. The normalized spacial score (nSPS) is 14.3. The smallest absolute Gasteiger partial charge is 0.416 e. The molecule has 9 heteroatoms. The van der Waals surface area contributed by atoms with Gasteiger partial charge in [-0.3, -0.25) is 4.79 Å². The first-order chi connectivity index (χ1) is 16.3. The SMILES string of the molecule is C=CC(c1cccc(C(C)C)c1)S(=O)(=O)n1c(C(CCC)C(=O)O)cc2cc(C(F)(F)F)ccc21. The van der Waals surface area contributed by atoms with E-state index in [1.807, 2.05) is 19.9 Å². The van der Waals surface area contributed by atoms with Crippen LogP contribution in [0.5, 0.6) is 0 Å². The molecule has 2 aromatic carbocycles. The summed E-state index contributed by atoms with van der Waals surface area (Å²) in [5, 5.41) is 8.62. The second-order valence-electron chi connectivity index (χ2n) is 8.81. The minimum atomic E-state index is -4.63. The number of carboxylic acid groups (broad SMARTS) is 1. The van der Waals surface area contributed by atoms with Gasteiger partial charge in [0.2, 0.25) is 10.0 Å². The molecule has 1 N–H and O–H groups in total. The highest BCUT2D eigenvalue weighted by Crippen LogP contribution is 2.38. The zero-order valence-corrected chi connectivity index (χ0v) is 20.5. The van der Waals surface area contributed by atoms with Gasteiger partial charge in [0.05, 0.1) is 17.0 Å². The first-order valence-electron chi connectivity index (χ1n) is 11.2. The van der Waals surface area contributed by atoms with Gasteiger partial charge in [0, 0.05) is 11.1 Å². The Morgan fingerprint density at radius 2 is 1.77 bits per heavy atom.